The van der Waals surface area contributed by atoms with Crippen LogP contribution in [0, 0.1) is 0 Å². The summed E-state index contributed by atoms with van der Waals surface area (Å²) in [6.45, 7) is 1.10. The molecule has 0 unspecified atom stereocenters. The molecule has 1 heterocycles. The predicted molar refractivity (Wildman–Crippen MR) is 94.7 cm³/mol. The molecule has 2 amide bonds. The van der Waals surface area contributed by atoms with E-state index >= 15 is 0 Å². The summed E-state index contributed by atoms with van der Waals surface area (Å²) >= 11 is 0. The van der Waals surface area contributed by atoms with Crippen molar-refractivity contribution >= 4 is 11.8 Å². The number of aromatic nitrogens is 1. The van der Waals surface area contributed by atoms with Crippen LogP contribution in [0.25, 0.3) is 0 Å². The third-order valence-corrected chi connectivity index (χ3v) is 3.59. The molecule has 0 bridgehead atoms. The third kappa shape index (κ3) is 5.24. The van der Waals surface area contributed by atoms with Gasteiger partial charge in [-0.2, -0.15) is 0 Å². The fourth-order valence-corrected chi connectivity index (χ4v) is 2.28. The van der Waals surface area contributed by atoms with Crippen molar-refractivity contribution < 1.29 is 9.90 Å². The minimum atomic E-state index is -0.198. The first-order chi connectivity index (χ1) is 11.6. The molecule has 24 heavy (non-hydrogen) atoms. The highest BCUT2D eigenvalue weighted by atomic mass is 16.3. The quantitative estimate of drug-likeness (QED) is 0.814. The maximum Gasteiger partial charge on any atom is 0.318 e. The number of carbonyl (C=O) groups is 1. The van der Waals surface area contributed by atoms with Crippen LogP contribution < -0.4 is 10.2 Å². The zero-order valence-corrected chi connectivity index (χ0v) is 14.1. The first-order valence-corrected chi connectivity index (χ1v) is 7.90. The highest BCUT2D eigenvalue weighted by Gasteiger charge is 2.13. The first kappa shape index (κ1) is 17.7. The van der Waals surface area contributed by atoms with E-state index in [2.05, 4.69) is 10.3 Å². The van der Waals surface area contributed by atoms with E-state index in [-0.39, 0.29) is 12.6 Å². The van der Waals surface area contributed by atoms with E-state index in [0.717, 1.165) is 16.9 Å². The van der Waals surface area contributed by atoms with Gasteiger partial charge in [0.1, 0.15) is 5.82 Å². The minimum absolute atomic E-state index is 0.0692. The van der Waals surface area contributed by atoms with Crippen LogP contribution >= 0.6 is 0 Å². The fraction of sp³-hybridized carbons (Fsp3) is 0.333. The fourth-order valence-electron chi connectivity index (χ4n) is 2.28. The largest absolute Gasteiger partial charge is 0.395 e. The van der Waals surface area contributed by atoms with Crippen molar-refractivity contribution in [2.75, 3.05) is 32.1 Å². The Labute approximate surface area is 142 Å². The lowest BCUT2D eigenvalue weighted by Crippen LogP contribution is -2.40. The summed E-state index contributed by atoms with van der Waals surface area (Å²) in [6.07, 6.45) is 1.73. The molecule has 0 spiro atoms. The summed E-state index contributed by atoms with van der Waals surface area (Å²) in [7, 11) is 3.85. The van der Waals surface area contributed by atoms with Gasteiger partial charge in [0.25, 0.3) is 0 Å². The number of urea groups is 1. The molecule has 2 N–H and O–H groups in total. The highest BCUT2D eigenvalue weighted by Crippen LogP contribution is 2.10. The van der Waals surface area contributed by atoms with E-state index in [1.165, 1.54) is 0 Å². The molecule has 0 saturated carbocycles. The normalized spacial score (nSPS) is 10.3. The molecule has 0 radical (unpaired) electrons. The van der Waals surface area contributed by atoms with E-state index in [4.69, 9.17) is 0 Å². The lowest BCUT2D eigenvalue weighted by molar-refractivity contribution is 0.173. The summed E-state index contributed by atoms with van der Waals surface area (Å²) in [5.74, 6) is 0.846. The monoisotopic (exact) mass is 328 g/mol. The number of nitrogens with one attached hydrogen (secondary N) is 1. The van der Waals surface area contributed by atoms with Gasteiger partial charge in [0, 0.05) is 39.9 Å². The average molecular weight is 328 g/mol. The standard InChI is InChI=1S/C18H24N4O2/c1-21(2)17-12-16(8-9-19-17)13-20-18(24)22(10-11-23)14-15-6-4-3-5-7-15/h3-9,12,23H,10-11,13-14H2,1-2H3,(H,20,24). The maximum absolute atomic E-state index is 12.4. The molecule has 2 rings (SSSR count). The van der Waals surface area contributed by atoms with Crippen LogP contribution in [0.5, 0.6) is 0 Å². The number of nitrogens with zero attached hydrogens (tertiary/aromatic N) is 3. The molecule has 1 aromatic carbocycles. The molecule has 6 nitrogen and oxygen atoms in total. The zero-order valence-electron chi connectivity index (χ0n) is 14.1. The molecular formula is C18H24N4O2. The molecule has 2 aromatic rings. The number of aliphatic hydroxyl groups is 1. The molecule has 1 aromatic heterocycles. The van der Waals surface area contributed by atoms with Gasteiger partial charge in [-0.25, -0.2) is 9.78 Å². The van der Waals surface area contributed by atoms with E-state index in [1.54, 1.807) is 11.1 Å². The molecule has 0 fully saturated rings. The Kier molecular flexibility index (Phi) is 6.57. The molecule has 0 aliphatic heterocycles. The summed E-state index contributed by atoms with van der Waals surface area (Å²) in [6, 6.07) is 13.3. The predicted octanol–water partition coefficient (Wildman–Crippen LogP) is 1.85. The Morgan fingerprint density at radius 3 is 2.58 bits per heavy atom. The van der Waals surface area contributed by atoms with Crippen LogP contribution in [0.2, 0.25) is 0 Å². The molecule has 0 aliphatic rings. The Bertz CT molecular complexity index is 646. The zero-order chi connectivity index (χ0) is 17.4. The SMILES string of the molecule is CN(C)c1cc(CNC(=O)N(CCO)Cc2ccccc2)ccn1. The van der Waals surface area contributed by atoms with E-state index in [1.807, 2.05) is 61.5 Å². The second-order valence-electron chi connectivity index (χ2n) is 5.71. The van der Waals surface area contributed by atoms with Gasteiger partial charge in [-0.3, -0.25) is 0 Å². The van der Waals surface area contributed by atoms with Crippen molar-refractivity contribution in [2.45, 2.75) is 13.1 Å². The number of anilines is 1. The van der Waals surface area contributed by atoms with Crippen LogP contribution in [-0.2, 0) is 13.1 Å². The van der Waals surface area contributed by atoms with Crippen molar-refractivity contribution in [1.29, 1.82) is 0 Å². The summed E-state index contributed by atoms with van der Waals surface area (Å²) in [5.41, 5.74) is 2.01. The molecule has 0 aliphatic carbocycles. The average Bonchev–Trinajstić information content (AvgIpc) is 2.60. The summed E-state index contributed by atoms with van der Waals surface area (Å²) in [5, 5.41) is 12.1. The number of pyridine rings is 1. The smallest absolute Gasteiger partial charge is 0.318 e. The Hall–Kier alpha value is -2.60. The number of carbonyl (C=O) groups excluding carboxylic acids is 1. The van der Waals surface area contributed by atoms with Crippen molar-refractivity contribution in [1.82, 2.24) is 15.2 Å². The third-order valence-electron chi connectivity index (χ3n) is 3.59. The number of benzene rings is 1. The van der Waals surface area contributed by atoms with Crippen LogP contribution in [-0.4, -0.2) is 48.3 Å². The number of hydrogen-bond acceptors (Lipinski definition) is 4. The number of hydrogen-bond donors (Lipinski definition) is 2. The highest BCUT2D eigenvalue weighted by molar-refractivity contribution is 5.74. The Morgan fingerprint density at radius 1 is 1.17 bits per heavy atom. The van der Waals surface area contributed by atoms with Crippen LogP contribution in [0.4, 0.5) is 10.6 Å². The van der Waals surface area contributed by atoms with Gasteiger partial charge in [0.15, 0.2) is 0 Å². The van der Waals surface area contributed by atoms with Gasteiger partial charge in [0.2, 0.25) is 0 Å². The Morgan fingerprint density at radius 2 is 1.92 bits per heavy atom. The van der Waals surface area contributed by atoms with Gasteiger partial charge < -0.3 is 20.2 Å². The van der Waals surface area contributed by atoms with Gasteiger partial charge in [-0.15, -0.1) is 0 Å². The molecular weight excluding hydrogens is 304 g/mol. The van der Waals surface area contributed by atoms with Gasteiger partial charge in [-0.05, 0) is 23.3 Å². The minimum Gasteiger partial charge on any atom is -0.395 e. The van der Waals surface area contributed by atoms with Crippen molar-refractivity contribution in [3.63, 3.8) is 0 Å². The van der Waals surface area contributed by atoms with Gasteiger partial charge in [0.05, 0.1) is 6.61 Å². The number of aliphatic hydroxyl groups excluding tert-OH is 1. The second-order valence-corrected chi connectivity index (χ2v) is 5.71. The first-order valence-electron chi connectivity index (χ1n) is 7.90. The van der Waals surface area contributed by atoms with E-state index < -0.39 is 0 Å². The van der Waals surface area contributed by atoms with Crippen molar-refractivity contribution in [2.24, 2.45) is 0 Å². The summed E-state index contributed by atoms with van der Waals surface area (Å²) < 4.78 is 0. The van der Waals surface area contributed by atoms with Gasteiger partial charge in [-0.1, -0.05) is 30.3 Å². The molecule has 128 valence electrons. The van der Waals surface area contributed by atoms with E-state index in [9.17, 15) is 9.90 Å². The number of rotatable bonds is 7. The second kappa shape index (κ2) is 8.88. The van der Waals surface area contributed by atoms with Crippen LogP contribution in [0.1, 0.15) is 11.1 Å². The topological polar surface area (TPSA) is 68.7 Å². The number of amides is 2. The van der Waals surface area contributed by atoms with Crippen molar-refractivity contribution in [3.05, 3.63) is 59.8 Å². The molecule has 0 atom stereocenters. The van der Waals surface area contributed by atoms with Gasteiger partial charge >= 0.3 is 6.03 Å². The Balaban J connectivity index is 1.96. The molecule has 0 saturated heterocycles. The molecule has 6 heteroatoms. The van der Waals surface area contributed by atoms with Crippen LogP contribution in [0.15, 0.2) is 48.7 Å². The lowest BCUT2D eigenvalue weighted by atomic mass is 10.2. The van der Waals surface area contributed by atoms with Crippen LogP contribution in [0.3, 0.4) is 0 Å². The maximum atomic E-state index is 12.4. The van der Waals surface area contributed by atoms with E-state index in [0.29, 0.717) is 19.6 Å². The lowest BCUT2D eigenvalue weighted by Gasteiger charge is -2.22. The van der Waals surface area contributed by atoms with Crippen molar-refractivity contribution in [3.8, 4) is 0 Å². The summed E-state index contributed by atoms with van der Waals surface area (Å²) in [4.78, 5) is 20.2.